The molecule has 0 fully saturated rings. The first-order chi connectivity index (χ1) is 7.81. The molecule has 0 unspecified atom stereocenters. The van der Waals surface area contributed by atoms with Crippen LogP contribution in [-0.4, -0.2) is 27.2 Å². The second kappa shape index (κ2) is 5.29. The molecular formula is C10H10Cl3NO3. The molecule has 1 aromatic rings. The Hall–Kier alpha value is -0.710. The third kappa shape index (κ3) is 3.15. The largest absolute Gasteiger partial charge is 0.464 e. The minimum absolute atomic E-state index is 0.159. The first kappa shape index (κ1) is 14.4. The molecule has 0 aliphatic carbocycles. The van der Waals surface area contributed by atoms with Gasteiger partial charge in [0.15, 0.2) is 0 Å². The van der Waals surface area contributed by atoms with E-state index in [4.69, 9.17) is 34.8 Å². The van der Waals surface area contributed by atoms with Crippen molar-refractivity contribution in [3.05, 3.63) is 23.5 Å². The van der Waals surface area contributed by atoms with Gasteiger partial charge in [-0.15, -0.1) is 0 Å². The van der Waals surface area contributed by atoms with Crippen molar-refractivity contribution in [2.75, 3.05) is 7.11 Å². The van der Waals surface area contributed by atoms with Crippen LogP contribution in [0.2, 0.25) is 0 Å². The van der Waals surface area contributed by atoms with E-state index in [0.29, 0.717) is 6.54 Å². The molecule has 0 aliphatic rings. The van der Waals surface area contributed by atoms with E-state index in [0.717, 1.165) is 0 Å². The Morgan fingerprint density at radius 1 is 1.41 bits per heavy atom. The minimum atomic E-state index is -2.03. The third-order valence-corrected chi connectivity index (χ3v) is 2.67. The Bertz CT molecular complexity index is 448. The Kier molecular flexibility index (Phi) is 4.47. The standard InChI is InChI=1S/C10H10Cl3NO3/c1-3-14-5-6(8(15)10(11,12)13)4-7(14)9(16)17-2/h4-5H,3H2,1-2H3. The molecule has 0 aromatic carbocycles. The van der Waals surface area contributed by atoms with Crippen LogP contribution in [0.1, 0.15) is 27.8 Å². The molecule has 0 saturated carbocycles. The zero-order valence-electron chi connectivity index (χ0n) is 9.17. The number of ether oxygens (including phenoxy) is 1. The number of halogens is 3. The van der Waals surface area contributed by atoms with Gasteiger partial charge in [-0.25, -0.2) is 4.79 Å². The first-order valence-electron chi connectivity index (χ1n) is 4.71. The molecule has 4 nitrogen and oxygen atoms in total. The van der Waals surface area contributed by atoms with Gasteiger partial charge in [0.25, 0.3) is 3.79 Å². The molecule has 0 amide bonds. The second-order valence-corrected chi connectivity index (χ2v) is 5.50. The van der Waals surface area contributed by atoms with Crippen molar-refractivity contribution in [2.24, 2.45) is 0 Å². The maximum atomic E-state index is 11.7. The zero-order chi connectivity index (χ0) is 13.2. The highest BCUT2D eigenvalue weighted by Crippen LogP contribution is 2.31. The lowest BCUT2D eigenvalue weighted by molar-refractivity contribution is 0.0588. The monoisotopic (exact) mass is 297 g/mol. The van der Waals surface area contributed by atoms with Crippen molar-refractivity contribution < 1.29 is 14.3 Å². The molecule has 7 heteroatoms. The normalized spacial score (nSPS) is 11.4. The summed E-state index contributed by atoms with van der Waals surface area (Å²) in [7, 11) is 1.26. The number of hydrogen-bond acceptors (Lipinski definition) is 3. The molecule has 1 heterocycles. The average molecular weight is 299 g/mol. The first-order valence-corrected chi connectivity index (χ1v) is 5.84. The number of hydrogen-bond donors (Lipinski definition) is 0. The van der Waals surface area contributed by atoms with Gasteiger partial charge in [0, 0.05) is 18.3 Å². The van der Waals surface area contributed by atoms with Crippen LogP contribution >= 0.6 is 34.8 Å². The van der Waals surface area contributed by atoms with E-state index in [1.807, 2.05) is 6.92 Å². The fourth-order valence-electron chi connectivity index (χ4n) is 1.34. The number of esters is 1. The summed E-state index contributed by atoms with van der Waals surface area (Å²) in [5.74, 6) is -1.23. The highest BCUT2D eigenvalue weighted by Gasteiger charge is 2.33. The highest BCUT2D eigenvalue weighted by atomic mass is 35.6. The van der Waals surface area contributed by atoms with Crippen LogP contribution in [0.5, 0.6) is 0 Å². The topological polar surface area (TPSA) is 48.3 Å². The summed E-state index contributed by atoms with van der Waals surface area (Å²) in [6.07, 6.45) is 1.45. The number of nitrogens with zero attached hydrogens (tertiary/aromatic N) is 1. The van der Waals surface area contributed by atoms with Gasteiger partial charge in [0.1, 0.15) is 5.69 Å². The molecule has 0 radical (unpaired) electrons. The Morgan fingerprint density at radius 3 is 2.41 bits per heavy atom. The van der Waals surface area contributed by atoms with Crippen LogP contribution in [0, 0.1) is 0 Å². The van der Waals surface area contributed by atoms with E-state index in [2.05, 4.69) is 4.74 Å². The van der Waals surface area contributed by atoms with Gasteiger partial charge >= 0.3 is 5.97 Å². The van der Waals surface area contributed by atoms with Gasteiger partial charge in [-0.05, 0) is 13.0 Å². The number of carbonyl (C=O) groups is 2. The molecule has 1 aromatic heterocycles. The van der Waals surface area contributed by atoms with E-state index in [1.165, 1.54) is 19.4 Å². The van der Waals surface area contributed by atoms with Gasteiger partial charge in [0.05, 0.1) is 7.11 Å². The summed E-state index contributed by atoms with van der Waals surface area (Å²) in [5.41, 5.74) is 0.403. The number of aromatic nitrogens is 1. The van der Waals surface area contributed by atoms with Crippen molar-refractivity contribution in [2.45, 2.75) is 17.3 Å². The number of rotatable bonds is 3. The van der Waals surface area contributed by atoms with E-state index in [1.54, 1.807) is 4.57 Å². The van der Waals surface area contributed by atoms with Crippen molar-refractivity contribution in [3.63, 3.8) is 0 Å². The maximum Gasteiger partial charge on any atom is 0.354 e. The van der Waals surface area contributed by atoms with Crippen molar-refractivity contribution in [1.29, 1.82) is 0 Å². The van der Waals surface area contributed by atoms with Crippen LogP contribution in [0.25, 0.3) is 0 Å². The predicted molar refractivity (Wildman–Crippen MR) is 66.1 cm³/mol. The fraction of sp³-hybridized carbons (Fsp3) is 0.400. The summed E-state index contributed by atoms with van der Waals surface area (Å²) in [5, 5.41) is 0. The molecule has 17 heavy (non-hydrogen) atoms. The quantitative estimate of drug-likeness (QED) is 0.490. The molecule has 0 spiro atoms. The minimum Gasteiger partial charge on any atom is -0.464 e. The maximum absolute atomic E-state index is 11.7. The third-order valence-electron chi connectivity index (χ3n) is 2.15. The van der Waals surface area contributed by atoms with Crippen molar-refractivity contribution >= 4 is 46.6 Å². The summed E-state index contributed by atoms with van der Waals surface area (Å²) in [4.78, 5) is 23.1. The molecule has 1 rings (SSSR count). The van der Waals surface area contributed by atoms with Crippen molar-refractivity contribution in [3.8, 4) is 0 Å². The van der Waals surface area contributed by atoms with Crippen LogP contribution in [0.15, 0.2) is 12.3 Å². The van der Waals surface area contributed by atoms with Gasteiger partial charge in [-0.1, -0.05) is 34.8 Å². The SMILES string of the molecule is CCn1cc(C(=O)C(Cl)(Cl)Cl)cc1C(=O)OC. The molecule has 0 bridgehead atoms. The molecular weight excluding hydrogens is 288 g/mol. The summed E-state index contributed by atoms with van der Waals surface area (Å²) in [6, 6.07) is 1.35. The Balaban J connectivity index is 3.18. The van der Waals surface area contributed by atoms with Gasteiger partial charge < -0.3 is 9.30 Å². The molecule has 0 aliphatic heterocycles. The lowest BCUT2D eigenvalue weighted by Gasteiger charge is -2.06. The van der Waals surface area contributed by atoms with Gasteiger partial charge in [-0.3, -0.25) is 4.79 Å². The molecule has 0 N–H and O–H groups in total. The number of ketones is 1. The summed E-state index contributed by atoms with van der Waals surface area (Å²) in [6.45, 7) is 2.31. The van der Waals surface area contributed by atoms with Crippen LogP contribution in [0.4, 0.5) is 0 Å². The predicted octanol–water partition coefficient (Wildman–Crippen LogP) is 2.85. The van der Waals surface area contributed by atoms with Gasteiger partial charge in [-0.2, -0.15) is 0 Å². The van der Waals surface area contributed by atoms with E-state index >= 15 is 0 Å². The second-order valence-electron chi connectivity index (χ2n) is 3.22. The zero-order valence-corrected chi connectivity index (χ0v) is 11.4. The summed E-state index contributed by atoms with van der Waals surface area (Å²) >= 11 is 16.5. The lowest BCUT2D eigenvalue weighted by atomic mass is 10.2. The molecule has 0 saturated heterocycles. The van der Waals surface area contributed by atoms with Crippen LogP contribution in [0.3, 0.4) is 0 Å². The fourth-order valence-corrected chi connectivity index (χ4v) is 1.66. The number of alkyl halides is 3. The number of methoxy groups -OCH3 is 1. The summed E-state index contributed by atoms with van der Waals surface area (Å²) < 4.78 is 4.10. The van der Waals surface area contributed by atoms with E-state index in [-0.39, 0.29) is 11.3 Å². The van der Waals surface area contributed by atoms with Crippen LogP contribution < -0.4 is 0 Å². The van der Waals surface area contributed by atoms with Gasteiger partial charge in [0.2, 0.25) is 5.78 Å². The van der Waals surface area contributed by atoms with E-state index < -0.39 is 15.5 Å². The number of Topliss-reactive ketones (excluding diaryl/α,β-unsaturated/α-hetero) is 1. The molecule has 94 valence electrons. The number of aryl methyl sites for hydroxylation is 1. The Labute approximate surface area is 113 Å². The average Bonchev–Trinajstić information content (AvgIpc) is 2.69. The smallest absolute Gasteiger partial charge is 0.354 e. The Morgan fingerprint density at radius 2 is 2.00 bits per heavy atom. The van der Waals surface area contributed by atoms with Crippen molar-refractivity contribution in [1.82, 2.24) is 4.57 Å². The highest BCUT2D eigenvalue weighted by molar-refractivity contribution is 6.77. The lowest BCUT2D eigenvalue weighted by Crippen LogP contribution is -2.18. The van der Waals surface area contributed by atoms with Crippen LogP contribution in [-0.2, 0) is 11.3 Å². The van der Waals surface area contributed by atoms with E-state index in [9.17, 15) is 9.59 Å². The number of carbonyl (C=O) groups excluding carboxylic acids is 2. The molecule has 0 atom stereocenters.